The molecule has 46 heavy (non-hydrogen) atoms. The molecular formula is C35H34N4O7. The highest BCUT2D eigenvalue weighted by Crippen LogP contribution is 2.20. The van der Waals surface area contributed by atoms with Crippen LogP contribution in [0.1, 0.15) is 53.0 Å². The summed E-state index contributed by atoms with van der Waals surface area (Å²) in [6, 6.07) is 26.3. The number of para-hydroxylation sites is 1. The molecule has 0 saturated heterocycles. The summed E-state index contributed by atoms with van der Waals surface area (Å²) in [6.07, 6.45) is 3.31. The van der Waals surface area contributed by atoms with Gasteiger partial charge in [-0.15, -0.1) is 0 Å². The fourth-order valence-electron chi connectivity index (χ4n) is 3.99. The SMILES string of the molecule is CCCCOc1ccc(C(=O)Oc2ccc(C=NNC(=O)C(=O)Nc3ccccc3C(=O)Nc3ccc(OCC)cc3)cc2)cc1. The van der Waals surface area contributed by atoms with Crippen LogP contribution in [0.5, 0.6) is 17.2 Å². The summed E-state index contributed by atoms with van der Waals surface area (Å²) in [4.78, 5) is 50.3. The van der Waals surface area contributed by atoms with E-state index in [-0.39, 0.29) is 11.3 Å². The summed E-state index contributed by atoms with van der Waals surface area (Å²) in [7, 11) is 0. The Bertz CT molecular complexity index is 1670. The van der Waals surface area contributed by atoms with Crippen molar-refractivity contribution in [1.29, 1.82) is 0 Å². The molecule has 0 bridgehead atoms. The average molecular weight is 623 g/mol. The monoisotopic (exact) mass is 622 g/mol. The van der Waals surface area contributed by atoms with Gasteiger partial charge in [-0.2, -0.15) is 5.10 Å². The van der Waals surface area contributed by atoms with E-state index < -0.39 is 23.7 Å². The van der Waals surface area contributed by atoms with Crippen molar-refractivity contribution in [3.63, 3.8) is 0 Å². The van der Waals surface area contributed by atoms with Gasteiger partial charge >= 0.3 is 17.8 Å². The van der Waals surface area contributed by atoms with Crippen molar-refractivity contribution in [3.05, 3.63) is 114 Å². The second-order valence-corrected chi connectivity index (χ2v) is 9.80. The molecule has 0 spiro atoms. The van der Waals surface area contributed by atoms with Crippen molar-refractivity contribution in [2.45, 2.75) is 26.7 Å². The van der Waals surface area contributed by atoms with E-state index in [0.717, 1.165) is 12.8 Å². The molecule has 0 radical (unpaired) electrons. The molecule has 236 valence electrons. The maximum absolute atomic E-state index is 12.9. The number of nitrogens with zero attached hydrogens (tertiary/aromatic N) is 1. The molecular weight excluding hydrogens is 588 g/mol. The second-order valence-electron chi connectivity index (χ2n) is 9.80. The van der Waals surface area contributed by atoms with Gasteiger partial charge in [0.25, 0.3) is 5.91 Å². The molecule has 3 amide bonds. The van der Waals surface area contributed by atoms with Gasteiger partial charge in [-0.25, -0.2) is 10.2 Å². The predicted octanol–water partition coefficient (Wildman–Crippen LogP) is 5.82. The molecule has 0 aliphatic carbocycles. The summed E-state index contributed by atoms with van der Waals surface area (Å²) in [5, 5.41) is 9.01. The molecule has 0 unspecified atom stereocenters. The molecule has 0 saturated carbocycles. The smallest absolute Gasteiger partial charge is 0.343 e. The predicted molar refractivity (Wildman–Crippen MR) is 175 cm³/mol. The van der Waals surface area contributed by atoms with Crippen LogP contribution in [-0.4, -0.2) is 43.1 Å². The first-order chi connectivity index (χ1) is 22.4. The number of hydrogen-bond donors (Lipinski definition) is 3. The van der Waals surface area contributed by atoms with Crippen molar-refractivity contribution in [2.24, 2.45) is 5.10 Å². The number of amides is 3. The summed E-state index contributed by atoms with van der Waals surface area (Å²) in [5.41, 5.74) is 3.95. The van der Waals surface area contributed by atoms with Gasteiger partial charge in [-0.1, -0.05) is 25.5 Å². The fourth-order valence-corrected chi connectivity index (χ4v) is 3.99. The van der Waals surface area contributed by atoms with Crippen molar-refractivity contribution in [3.8, 4) is 17.2 Å². The Balaban J connectivity index is 1.26. The van der Waals surface area contributed by atoms with Gasteiger partial charge in [0, 0.05) is 5.69 Å². The van der Waals surface area contributed by atoms with E-state index >= 15 is 0 Å². The van der Waals surface area contributed by atoms with E-state index in [0.29, 0.717) is 47.3 Å². The van der Waals surface area contributed by atoms with Crippen molar-refractivity contribution < 1.29 is 33.4 Å². The van der Waals surface area contributed by atoms with E-state index in [1.165, 1.54) is 18.3 Å². The minimum absolute atomic E-state index is 0.149. The number of rotatable bonds is 13. The Morgan fingerprint density at radius 2 is 1.37 bits per heavy atom. The molecule has 0 fully saturated rings. The third-order valence-electron chi connectivity index (χ3n) is 6.38. The van der Waals surface area contributed by atoms with Gasteiger partial charge < -0.3 is 24.8 Å². The number of carbonyl (C=O) groups excluding carboxylic acids is 4. The third-order valence-corrected chi connectivity index (χ3v) is 6.38. The first-order valence-corrected chi connectivity index (χ1v) is 14.7. The molecule has 4 aromatic rings. The lowest BCUT2D eigenvalue weighted by molar-refractivity contribution is -0.136. The number of carbonyl (C=O) groups is 4. The number of anilines is 2. The van der Waals surface area contributed by atoms with E-state index in [4.69, 9.17) is 14.2 Å². The van der Waals surface area contributed by atoms with E-state index in [2.05, 4.69) is 28.1 Å². The van der Waals surface area contributed by atoms with Crippen molar-refractivity contribution >= 4 is 41.3 Å². The number of hydrogen-bond acceptors (Lipinski definition) is 8. The molecule has 0 aliphatic heterocycles. The zero-order valence-corrected chi connectivity index (χ0v) is 25.4. The highest BCUT2D eigenvalue weighted by Gasteiger charge is 2.18. The molecule has 0 aromatic heterocycles. The maximum Gasteiger partial charge on any atom is 0.343 e. The van der Waals surface area contributed by atoms with E-state index in [1.54, 1.807) is 84.9 Å². The zero-order chi connectivity index (χ0) is 32.7. The number of ether oxygens (including phenoxy) is 3. The van der Waals surface area contributed by atoms with Gasteiger partial charge in [0.1, 0.15) is 17.2 Å². The normalized spacial score (nSPS) is 10.6. The van der Waals surface area contributed by atoms with Crippen LogP contribution < -0.4 is 30.3 Å². The molecule has 0 aliphatic rings. The lowest BCUT2D eigenvalue weighted by Crippen LogP contribution is -2.33. The average Bonchev–Trinajstić information content (AvgIpc) is 3.07. The van der Waals surface area contributed by atoms with E-state index in [1.807, 2.05) is 6.92 Å². The van der Waals surface area contributed by atoms with Crippen LogP contribution in [0.3, 0.4) is 0 Å². The summed E-state index contributed by atoms with van der Waals surface area (Å²) < 4.78 is 16.4. The lowest BCUT2D eigenvalue weighted by atomic mass is 10.1. The number of unbranched alkanes of at least 4 members (excludes halogenated alkanes) is 1. The third kappa shape index (κ3) is 9.78. The van der Waals surface area contributed by atoms with Crippen LogP contribution in [0, 0.1) is 0 Å². The molecule has 4 aromatic carbocycles. The van der Waals surface area contributed by atoms with Crippen LogP contribution in [0.15, 0.2) is 102 Å². The standard InChI is InChI=1S/C35H34N4O7/c1-3-5-22-45-28-18-12-25(13-19-28)35(43)46-29-16-10-24(11-17-29)23-36-39-34(42)33(41)38-31-9-7-6-8-30(31)32(40)37-26-14-20-27(21-15-26)44-4-2/h6-21,23H,3-5,22H2,1-2H3,(H,37,40)(H,38,41)(H,39,42). The van der Waals surface area contributed by atoms with Gasteiger partial charge in [-0.3, -0.25) is 14.4 Å². The highest BCUT2D eigenvalue weighted by molar-refractivity contribution is 6.40. The zero-order valence-electron chi connectivity index (χ0n) is 25.4. The van der Waals surface area contributed by atoms with Gasteiger partial charge in [0.15, 0.2) is 0 Å². The van der Waals surface area contributed by atoms with Crippen molar-refractivity contribution in [2.75, 3.05) is 23.8 Å². The van der Waals surface area contributed by atoms with Crippen LogP contribution in [0.4, 0.5) is 11.4 Å². The Morgan fingerprint density at radius 3 is 2.07 bits per heavy atom. The number of esters is 1. The Morgan fingerprint density at radius 1 is 0.717 bits per heavy atom. The lowest BCUT2D eigenvalue weighted by Gasteiger charge is -2.11. The molecule has 3 N–H and O–H groups in total. The van der Waals surface area contributed by atoms with Crippen molar-refractivity contribution in [1.82, 2.24) is 5.43 Å². The first-order valence-electron chi connectivity index (χ1n) is 14.7. The van der Waals surface area contributed by atoms with Gasteiger partial charge in [0.2, 0.25) is 0 Å². The first kappa shape index (κ1) is 32.9. The van der Waals surface area contributed by atoms with Crippen LogP contribution in [-0.2, 0) is 9.59 Å². The highest BCUT2D eigenvalue weighted by atomic mass is 16.5. The molecule has 11 nitrogen and oxygen atoms in total. The Labute approximate surface area is 266 Å². The second kappa shape index (κ2) is 16.8. The largest absolute Gasteiger partial charge is 0.494 e. The maximum atomic E-state index is 12.9. The molecule has 0 heterocycles. The quantitative estimate of drug-likeness (QED) is 0.0425. The number of nitrogens with one attached hydrogen (secondary N) is 3. The summed E-state index contributed by atoms with van der Waals surface area (Å²) in [6.45, 7) is 5.10. The van der Waals surface area contributed by atoms with Crippen LogP contribution in [0.25, 0.3) is 0 Å². The number of hydrazone groups is 1. The molecule has 4 rings (SSSR count). The summed E-state index contributed by atoms with van der Waals surface area (Å²) in [5.74, 6) is -1.36. The van der Waals surface area contributed by atoms with Crippen LogP contribution >= 0.6 is 0 Å². The Hall–Kier alpha value is -5.97. The number of benzene rings is 4. The fraction of sp³-hybridized carbons (Fsp3) is 0.171. The summed E-state index contributed by atoms with van der Waals surface area (Å²) >= 11 is 0. The Kier molecular flexibility index (Phi) is 12.0. The van der Waals surface area contributed by atoms with Gasteiger partial charge in [-0.05, 0) is 104 Å². The minimum atomic E-state index is -1.04. The molecule has 0 atom stereocenters. The minimum Gasteiger partial charge on any atom is -0.494 e. The van der Waals surface area contributed by atoms with E-state index in [9.17, 15) is 19.2 Å². The van der Waals surface area contributed by atoms with Gasteiger partial charge in [0.05, 0.1) is 36.2 Å². The molecule has 11 heteroatoms. The van der Waals surface area contributed by atoms with Crippen LogP contribution in [0.2, 0.25) is 0 Å². The topological polar surface area (TPSA) is 144 Å².